The first-order chi connectivity index (χ1) is 15.1. The van der Waals surface area contributed by atoms with E-state index in [0.717, 1.165) is 21.8 Å². The number of ether oxygens (including phenoxy) is 2. The summed E-state index contributed by atoms with van der Waals surface area (Å²) in [7, 11) is 0. The monoisotopic (exact) mass is 420 g/mol. The summed E-state index contributed by atoms with van der Waals surface area (Å²) in [5, 5.41) is 15.6. The Morgan fingerprint density at radius 1 is 1.10 bits per heavy atom. The summed E-state index contributed by atoms with van der Waals surface area (Å²) in [6.07, 6.45) is 0.701. The van der Waals surface area contributed by atoms with Gasteiger partial charge in [0.25, 0.3) is 0 Å². The van der Waals surface area contributed by atoms with Crippen LogP contribution in [0.4, 0.5) is 0 Å². The molecule has 8 heteroatoms. The van der Waals surface area contributed by atoms with Gasteiger partial charge in [0.1, 0.15) is 25.1 Å². The van der Waals surface area contributed by atoms with E-state index in [4.69, 9.17) is 15.2 Å². The zero-order valence-corrected chi connectivity index (χ0v) is 16.9. The summed E-state index contributed by atoms with van der Waals surface area (Å²) in [6.45, 7) is 1.41. The first-order valence-corrected chi connectivity index (χ1v) is 10.0. The van der Waals surface area contributed by atoms with Crippen molar-refractivity contribution in [2.75, 3.05) is 26.3 Å². The number of amides is 1. The van der Waals surface area contributed by atoms with E-state index in [2.05, 4.69) is 27.4 Å². The number of aliphatic hydroxyl groups excluding tert-OH is 1. The summed E-state index contributed by atoms with van der Waals surface area (Å²) in [5.74, 6) is 0.585. The Morgan fingerprint density at radius 2 is 1.94 bits per heavy atom. The van der Waals surface area contributed by atoms with Crippen molar-refractivity contribution in [2.45, 2.75) is 6.10 Å². The molecule has 2 aromatic heterocycles. The van der Waals surface area contributed by atoms with Gasteiger partial charge in [0, 0.05) is 41.6 Å². The summed E-state index contributed by atoms with van der Waals surface area (Å²) in [4.78, 5) is 18.4. The highest BCUT2D eigenvalue weighted by atomic mass is 16.5. The molecule has 31 heavy (non-hydrogen) atoms. The number of aliphatic hydroxyl groups is 1. The van der Waals surface area contributed by atoms with Gasteiger partial charge in [0.05, 0.1) is 11.1 Å². The smallest absolute Gasteiger partial charge is 0.250 e. The minimum absolute atomic E-state index is 0.165. The van der Waals surface area contributed by atoms with Gasteiger partial charge in [-0.05, 0) is 18.2 Å². The number of nitrogens with two attached hydrogens (primary N) is 1. The van der Waals surface area contributed by atoms with E-state index in [9.17, 15) is 9.90 Å². The maximum absolute atomic E-state index is 11.0. The predicted octanol–water partition coefficient (Wildman–Crippen LogP) is 2.22. The molecule has 0 saturated carbocycles. The average molecular weight is 420 g/mol. The van der Waals surface area contributed by atoms with E-state index >= 15 is 0 Å². The number of carbonyl (C=O) groups excluding carboxylic acids is 1. The standard InChI is InChI=1S/C23H24N4O4/c24-23(29)15-8-9-21(26-12-15)30-11-10-25-13-16(28)14-31-20-7-3-5-18-17-4-1-2-6-19(17)27-22(18)20/h1-9,12,16,25,27-28H,10-11,13-14H2,(H2,24,29). The summed E-state index contributed by atoms with van der Waals surface area (Å²) in [5.41, 5.74) is 7.48. The van der Waals surface area contributed by atoms with E-state index in [1.54, 1.807) is 12.1 Å². The van der Waals surface area contributed by atoms with Crippen LogP contribution in [0.5, 0.6) is 11.6 Å². The maximum Gasteiger partial charge on any atom is 0.250 e. The highest BCUT2D eigenvalue weighted by molar-refractivity contribution is 6.09. The molecular formula is C23H24N4O4. The number of benzene rings is 2. The molecule has 2 aromatic carbocycles. The lowest BCUT2D eigenvalue weighted by molar-refractivity contribution is 0.1000. The number of aromatic nitrogens is 2. The van der Waals surface area contributed by atoms with Gasteiger partial charge in [0.2, 0.25) is 11.8 Å². The number of H-pyrrole nitrogens is 1. The number of primary amides is 1. The van der Waals surface area contributed by atoms with Gasteiger partial charge in [-0.1, -0.05) is 30.3 Å². The molecule has 0 spiro atoms. The van der Waals surface area contributed by atoms with Crippen LogP contribution in [0.1, 0.15) is 10.4 Å². The topological polar surface area (TPSA) is 122 Å². The Bertz CT molecular complexity index is 1170. The second-order valence-electron chi connectivity index (χ2n) is 7.12. The summed E-state index contributed by atoms with van der Waals surface area (Å²) >= 11 is 0. The predicted molar refractivity (Wildman–Crippen MR) is 118 cm³/mol. The number of hydrogen-bond acceptors (Lipinski definition) is 6. The molecule has 0 fully saturated rings. The van der Waals surface area contributed by atoms with Crippen molar-refractivity contribution in [3.8, 4) is 11.6 Å². The molecule has 2 heterocycles. The molecule has 0 radical (unpaired) electrons. The fourth-order valence-corrected chi connectivity index (χ4v) is 3.32. The summed E-state index contributed by atoms with van der Waals surface area (Å²) < 4.78 is 11.4. The lowest BCUT2D eigenvalue weighted by Gasteiger charge is -2.14. The van der Waals surface area contributed by atoms with Crippen molar-refractivity contribution in [3.05, 3.63) is 66.4 Å². The molecule has 8 nitrogen and oxygen atoms in total. The van der Waals surface area contributed by atoms with Gasteiger partial charge in [0.15, 0.2) is 0 Å². The lowest BCUT2D eigenvalue weighted by Crippen LogP contribution is -2.33. The van der Waals surface area contributed by atoms with Crippen LogP contribution in [0, 0.1) is 0 Å². The molecule has 0 bridgehead atoms. The largest absolute Gasteiger partial charge is 0.489 e. The highest BCUT2D eigenvalue weighted by Crippen LogP contribution is 2.31. The molecule has 1 atom stereocenters. The molecule has 4 rings (SSSR count). The van der Waals surface area contributed by atoms with Crippen molar-refractivity contribution in [3.63, 3.8) is 0 Å². The van der Waals surface area contributed by atoms with Crippen molar-refractivity contribution in [2.24, 2.45) is 5.73 Å². The minimum atomic E-state index is -0.674. The van der Waals surface area contributed by atoms with Crippen LogP contribution >= 0.6 is 0 Å². The van der Waals surface area contributed by atoms with Crippen molar-refractivity contribution in [1.82, 2.24) is 15.3 Å². The molecule has 1 amide bonds. The third-order valence-corrected chi connectivity index (χ3v) is 4.86. The number of carbonyl (C=O) groups is 1. The third kappa shape index (κ3) is 4.93. The number of nitrogens with zero attached hydrogens (tertiary/aromatic N) is 1. The molecular weight excluding hydrogens is 396 g/mol. The number of pyridine rings is 1. The molecule has 5 N–H and O–H groups in total. The number of aromatic amines is 1. The number of hydrogen-bond donors (Lipinski definition) is 4. The first-order valence-electron chi connectivity index (χ1n) is 10.0. The number of para-hydroxylation sites is 2. The van der Waals surface area contributed by atoms with E-state index < -0.39 is 12.0 Å². The maximum atomic E-state index is 11.0. The molecule has 160 valence electrons. The zero-order valence-electron chi connectivity index (χ0n) is 16.9. The van der Waals surface area contributed by atoms with Gasteiger partial charge in [-0.15, -0.1) is 0 Å². The van der Waals surface area contributed by atoms with Crippen LogP contribution in [0.15, 0.2) is 60.8 Å². The van der Waals surface area contributed by atoms with Gasteiger partial charge in [-0.25, -0.2) is 4.98 Å². The van der Waals surface area contributed by atoms with E-state index in [0.29, 0.717) is 36.9 Å². The summed E-state index contributed by atoms with van der Waals surface area (Å²) in [6, 6.07) is 17.1. The van der Waals surface area contributed by atoms with Gasteiger partial charge >= 0.3 is 0 Å². The number of rotatable bonds is 10. The Kier molecular flexibility index (Phi) is 6.30. The van der Waals surface area contributed by atoms with Crippen LogP contribution in [0.2, 0.25) is 0 Å². The zero-order chi connectivity index (χ0) is 21.6. The minimum Gasteiger partial charge on any atom is -0.489 e. The molecule has 1 unspecified atom stereocenters. The number of fused-ring (bicyclic) bond motifs is 3. The van der Waals surface area contributed by atoms with Crippen LogP contribution < -0.4 is 20.5 Å². The van der Waals surface area contributed by atoms with Crippen molar-refractivity contribution in [1.29, 1.82) is 0 Å². The normalized spacial score (nSPS) is 12.2. The molecule has 4 aromatic rings. The Labute approximate surface area is 179 Å². The molecule has 0 aliphatic heterocycles. The van der Waals surface area contributed by atoms with E-state index in [-0.39, 0.29) is 6.61 Å². The fourth-order valence-electron chi connectivity index (χ4n) is 3.32. The van der Waals surface area contributed by atoms with Crippen molar-refractivity contribution >= 4 is 27.7 Å². The number of nitrogens with one attached hydrogen (secondary N) is 2. The average Bonchev–Trinajstić information content (AvgIpc) is 3.17. The third-order valence-electron chi connectivity index (χ3n) is 4.86. The van der Waals surface area contributed by atoms with Crippen LogP contribution in [-0.4, -0.2) is 53.4 Å². The lowest BCUT2D eigenvalue weighted by atomic mass is 10.1. The van der Waals surface area contributed by atoms with Crippen molar-refractivity contribution < 1.29 is 19.4 Å². The molecule has 0 aliphatic carbocycles. The second kappa shape index (κ2) is 9.46. The quantitative estimate of drug-likeness (QED) is 0.292. The Balaban J connectivity index is 1.22. The molecule has 0 saturated heterocycles. The molecule has 0 aliphatic rings. The highest BCUT2D eigenvalue weighted by Gasteiger charge is 2.11. The van der Waals surface area contributed by atoms with Gasteiger partial charge in [-0.3, -0.25) is 4.79 Å². The van der Waals surface area contributed by atoms with Gasteiger partial charge in [-0.2, -0.15) is 0 Å². The van der Waals surface area contributed by atoms with Crippen LogP contribution in [0.3, 0.4) is 0 Å². The fraction of sp³-hybridized carbons (Fsp3) is 0.217. The second-order valence-corrected chi connectivity index (χ2v) is 7.12. The first kappa shape index (κ1) is 20.6. The van der Waals surface area contributed by atoms with Crippen LogP contribution in [0.25, 0.3) is 21.8 Å². The van der Waals surface area contributed by atoms with Gasteiger partial charge < -0.3 is 30.6 Å². The Morgan fingerprint density at radius 3 is 2.74 bits per heavy atom. The SMILES string of the molecule is NC(=O)c1ccc(OCCNCC(O)COc2cccc3c2[nH]c2ccccc23)nc1. The van der Waals surface area contributed by atoms with Crippen LogP contribution in [-0.2, 0) is 0 Å². The van der Waals surface area contributed by atoms with E-state index in [1.165, 1.54) is 6.20 Å². The van der Waals surface area contributed by atoms with E-state index in [1.807, 2.05) is 30.3 Å². The Hall–Kier alpha value is -3.62.